The van der Waals surface area contributed by atoms with Crippen molar-refractivity contribution in [3.8, 4) is 6.07 Å². The summed E-state index contributed by atoms with van der Waals surface area (Å²) < 4.78 is 15.8. The number of halogens is 2. The van der Waals surface area contributed by atoms with Crippen molar-refractivity contribution in [2.24, 2.45) is 0 Å². The number of aryl methyl sites for hydroxylation is 1. The fraction of sp³-hybridized carbons (Fsp3) is 0.481. The summed E-state index contributed by atoms with van der Waals surface area (Å²) in [6.45, 7) is 14.6. The van der Waals surface area contributed by atoms with Gasteiger partial charge in [0.2, 0.25) is 0 Å². The minimum atomic E-state index is -0.672. The first kappa shape index (κ1) is 26.2. The SMILES string of the molecule is C/C(=C\c1c(Br)ccnc1C)CN1CCC(c2ccc(C(C)(C)C#N)cc2F)CC1.CC. The maximum atomic E-state index is 14.8. The third-order valence-corrected chi connectivity index (χ3v) is 6.72. The molecule has 2 aromatic rings. The molecule has 3 nitrogen and oxygen atoms in total. The normalized spacial score (nSPS) is 15.7. The summed E-state index contributed by atoms with van der Waals surface area (Å²) in [5.41, 5.74) is 4.29. The average molecular weight is 501 g/mol. The van der Waals surface area contributed by atoms with Gasteiger partial charge in [-0.15, -0.1) is 0 Å². The minimum Gasteiger partial charge on any atom is -0.299 e. The van der Waals surface area contributed by atoms with Gasteiger partial charge in [-0.3, -0.25) is 9.88 Å². The van der Waals surface area contributed by atoms with E-state index in [9.17, 15) is 9.65 Å². The van der Waals surface area contributed by atoms with E-state index in [-0.39, 0.29) is 11.7 Å². The van der Waals surface area contributed by atoms with Gasteiger partial charge in [0.05, 0.1) is 11.5 Å². The maximum Gasteiger partial charge on any atom is 0.127 e. The molecule has 0 bridgehead atoms. The molecule has 0 radical (unpaired) electrons. The first-order valence-corrected chi connectivity index (χ1v) is 12.2. The molecule has 1 saturated heterocycles. The van der Waals surface area contributed by atoms with E-state index in [0.29, 0.717) is 0 Å². The third-order valence-electron chi connectivity index (χ3n) is 6.03. The van der Waals surface area contributed by atoms with Crippen molar-refractivity contribution < 1.29 is 4.39 Å². The lowest BCUT2D eigenvalue weighted by atomic mass is 9.83. The van der Waals surface area contributed by atoms with Crippen LogP contribution in [0, 0.1) is 24.1 Å². The Morgan fingerprint density at radius 2 is 1.94 bits per heavy atom. The van der Waals surface area contributed by atoms with Crippen molar-refractivity contribution in [1.29, 1.82) is 5.26 Å². The molecule has 0 saturated carbocycles. The molecule has 32 heavy (non-hydrogen) atoms. The quantitative estimate of drug-likeness (QED) is 0.429. The van der Waals surface area contributed by atoms with Crippen LogP contribution in [0.1, 0.15) is 75.8 Å². The highest BCUT2D eigenvalue weighted by atomic mass is 79.9. The zero-order valence-electron chi connectivity index (χ0n) is 20.2. The largest absolute Gasteiger partial charge is 0.299 e. The van der Waals surface area contributed by atoms with Crippen LogP contribution >= 0.6 is 15.9 Å². The van der Waals surface area contributed by atoms with Crippen molar-refractivity contribution in [2.75, 3.05) is 19.6 Å². The number of nitriles is 1. The third kappa shape index (κ3) is 6.49. The number of pyridine rings is 1. The van der Waals surface area contributed by atoms with Gasteiger partial charge in [-0.05, 0) is 82.8 Å². The summed E-state index contributed by atoms with van der Waals surface area (Å²) in [6.07, 6.45) is 5.90. The van der Waals surface area contributed by atoms with Crippen LogP contribution in [0.15, 0.2) is 40.5 Å². The zero-order valence-corrected chi connectivity index (χ0v) is 21.8. The van der Waals surface area contributed by atoms with Crippen LogP contribution in [-0.2, 0) is 5.41 Å². The van der Waals surface area contributed by atoms with Crippen molar-refractivity contribution in [3.63, 3.8) is 0 Å². The van der Waals surface area contributed by atoms with Crippen LogP contribution < -0.4 is 0 Å². The summed E-state index contributed by atoms with van der Waals surface area (Å²) >= 11 is 3.61. The number of nitrogens with zero attached hydrogens (tertiary/aromatic N) is 3. The molecule has 172 valence electrons. The minimum absolute atomic E-state index is 0.178. The number of rotatable bonds is 5. The number of hydrogen-bond acceptors (Lipinski definition) is 3. The Morgan fingerprint density at radius 3 is 2.50 bits per heavy atom. The summed E-state index contributed by atoms with van der Waals surface area (Å²) in [5, 5.41) is 9.29. The Hall–Kier alpha value is -2.03. The van der Waals surface area contributed by atoms with Gasteiger partial charge in [-0.2, -0.15) is 5.26 Å². The van der Waals surface area contributed by atoms with Crippen LogP contribution in [0.4, 0.5) is 4.39 Å². The Kier molecular flexibility index (Phi) is 9.61. The van der Waals surface area contributed by atoms with Crippen molar-refractivity contribution >= 4 is 22.0 Å². The van der Waals surface area contributed by atoms with Gasteiger partial charge in [-0.25, -0.2) is 4.39 Å². The topological polar surface area (TPSA) is 39.9 Å². The molecule has 5 heteroatoms. The fourth-order valence-electron chi connectivity index (χ4n) is 4.08. The van der Waals surface area contributed by atoms with E-state index in [0.717, 1.165) is 59.3 Å². The predicted molar refractivity (Wildman–Crippen MR) is 135 cm³/mol. The van der Waals surface area contributed by atoms with E-state index in [1.54, 1.807) is 6.07 Å². The molecule has 1 aliphatic heterocycles. The van der Waals surface area contributed by atoms with Gasteiger partial charge in [0, 0.05) is 28.5 Å². The molecule has 1 aromatic carbocycles. The van der Waals surface area contributed by atoms with E-state index < -0.39 is 5.41 Å². The molecule has 3 rings (SSSR count). The number of hydrogen-bond donors (Lipinski definition) is 0. The summed E-state index contributed by atoms with van der Waals surface area (Å²) in [7, 11) is 0. The molecule has 0 unspecified atom stereocenters. The van der Waals surface area contributed by atoms with Crippen molar-refractivity contribution in [2.45, 2.75) is 65.7 Å². The van der Waals surface area contributed by atoms with Gasteiger partial charge < -0.3 is 0 Å². The fourth-order valence-corrected chi connectivity index (χ4v) is 4.60. The van der Waals surface area contributed by atoms with Gasteiger partial charge in [0.1, 0.15) is 5.82 Å². The highest BCUT2D eigenvalue weighted by molar-refractivity contribution is 9.10. The number of aromatic nitrogens is 1. The number of piperidine rings is 1. The highest BCUT2D eigenvalue weighted by Gasteiger charge is 2.26. The lowest BCUT2D eigenvalue weighted by Gasteiger charge is -2.32. The molecule has 1 fully saturated rings. The van der Waals surface area contributed by atoms with Crippen molar-refractivity contribution in [1.82, 2.24) is 9.88 Å². The van der Waals surface area contributed by atoms with Crippen molar-refractivity contribution in [3.05, 3.63) is 68.7 Å². The van der Waals surface area contributed by atoms with E-state index in [4.69, 9.17) is 0 Å². The highest BCUT2D eigenvalue weighted by Crippen LogP contribution is 2.33. The van der Waals surface area contributed by atoms with Crippen LogP contribution in [0.5, 0.6) is 0 Å². The smallest absolute Gasteiger partial charge is 0.127 e. The molecular formula is C27H35BrFN3. The van der Waals surface area contributed by atoms with Gasteiger partial charge in [-0.1, -0.05) is 53.6 Å². The first-order chi connectivity index (χ1) is 15.2. The standard InChI is InChI=1S/C25H29BrFN3.C2H6/c1-17(13-22-18(2)29-10-7-23(22)26)15-30-11-8-19(9-12-30)21-6-5-20(14-24(21)27)25(3,4)16-28;1-2/h5-7,10,13-14,19H,8-9,11-12,15H2,1-4H3;1-2H3/b17-13+;. The van der Waals surface area contributed by atoms with E-state index in [1.165, 1.54) is 5.57 Å². The molecule has 1 aliphatic rings. The monoisotopic (exact) mass is 499 g/mol. The molecule has 0 atom stereocenters. The maximum absolute atomic E-state index is 14.8. The zero-order chi connectivity index (χ0) is 23.9. The van der Waals surface area contributed by atoms with Crippen LogP contribution in [0.2, 0.25) is 0 Å². The summed E-state index contributed by atoms with van der Waals surface area (Å²) in [4.78, 5) is 6.81. The molecule has 1 aromatic heterocycles. The van der Waals surface area contributed by atoms with Crippen LogP contribution in [0.3, 0.4) is 0 Å². The molecule has 0 spiro atoms. The predicted octanol–water partition coefficient (Wildman–Crippen LogP) is 7.40. The first-order valence-electron chi connectivity index (χ1n) is 11.4. The summed E-state index contributed by atoms with van der Waals surface area (Å²) in [5.74, 6) is 0.0572. The molecule has 0 aliphatic carbocycles. The molecule has 0 N–H and O–H groups in total. The van der Waals surface area contributed by atoms with Gasteiger partial charge in [0.25, 0.3) is 0 Å². The van der Waals surface area contributed by atoms with E-state index in [1.807, 2.05) is 59.0 Å². The Bertz CT molecular complexity index is 963. The molecular weight excluding hydrogens is 465 g/mol. The lowest BCUT2D eigenvalue weighted by molar-refractivity contribution is 0.226. The molecule has 0 amide bonds. The number of likely N-dealkylation sites (tertiary alicyclic amines) is 1. The number of benzene rings is 1. The Labute approximate surface area is 201 Å². The van der Waals surface area contributed by atoms with Crippen LogP contribution in [-0.4, -0.2) is 29.5 Å². The summed E-state index contributed by atoms with van der Waals surface area (Å²) in [6, 6.07) is 9.56. The second kappa shape index (κ2) is 11.7. The van der Waals surface area contributed by atoms with E-state index >= 15 is 0 Å². The lowest BCUT2D eigenvalue weighted by Crippen LogP contribution is -2.34. The second-order valence-electron chi connectivity index (χ2n) is 8.81. The van der Waals surface area contributed by atoms with E-state index in [2.05, 4.69) is 44.9 Å². The average Bonchev–Trinajstić information content (AvgIpc) is 2.78. The van der Waals surface area contributed by atoms with Gasteiger partial charge in [0.15, 0.2) is 0 Å². The molecule has 2 heterocycles. The van der Waals surface area contributed by atoms with Gasteiger partial charge >= 0.3 is 0 Å². The second-order valence-corrected chi connectivity index (χ2v) is 9.66. The Balaban J connectivity index is 0.00000176. The van der Waals surface area contributed by atoms with Crippen LogP contribution in [0.25, 0.3) is 6.08 Å². The Morgan fingerprint density at radius 1 is 1.28 bits per heavy atom.